The summed E-state index contributed by atoms with van der Waals surface area (Å²) in [6.07, 6.45) is 0. The van der Waals surface area contributed by atoms with E-state index in [-0.39, 0.29) is 11.8 Å². The van der Waals surface area contributed by atoms with Gasteiger partial charge >= 0.3 is 0 Å². The number of carbonyl (C=O) groups is 1. The van der Waals surface area contributed by atoms with Gasteiger partial charge < -0.3 is 5.32 Å². The van der Waals surface area contributed by atoms with Crippen LogP contribution in [0.2, 0.25) is 0 Å². The zero-order valence-electron chi connectivity index (χ0n) is 8.65. The summed E-state index contributed by atoms with van der Waals surface area (Å²) in [6.45, 7) is 6.09. The van der Waals surface area contributed by atoms with Gasteiger partial charge in [-0.05, 0) is 43.5 Å². The Morgan fingerprint density at radius 1 is 1.29 bits per heavy atom. The fourth-order valence-corrected chi connectivity index (χ4v) is 1.34. The second-order valence-electron chi connectivity index (χ2n) is 3.36. The first-order valence-corrected chi connectivity index (χ1v) is 5.02. The standard InChI is InChI=1S/C11H14ClNO/c1-7-4-5-10(9(3)8(7)2)13-11(14)6-12/h4-5H,6H2,1-3H3,(H,13,14). The molecule has 0 fully saturated rings. The molecule has 0 aliphatic heterocycles. The van der Waals surface area contributed by atoms with Gasteiger partial charge in [0.1, 0.15) is 5.88 Å². The number of rotatable bonds is 2. The number of benzene rings is 1. The number of carbonyl (C=O) groups excluding carboxylic acids is 1. The maximum absolute atomic E-state index is 11.1. The van der Waals surface area contributed by atoms with Crippen LogP contribution < -0.4 is 5.32 Å². The molecule has 0 aliphatic rings. The Morgan fingerprint density at radius 2 is 1.93 bits per heavy atom. The highest BCUT2D eigenvalue weighted by Gasteiger charge is 2.05. The van der Waals surface area contributed by atoms with Crippen LogP contribution in [0.15, 0.2) is 12.1 Å². The molecule has 0 saturated heterocycles. The van der Waals surface area contributed by atoms with Gasteiger partial charge in [0, 0.05) is 5.69 Å². The number of aryl methyl sites for hydroxylation is 1. The Morgan fingerprint density at radius 3 is 2.50 bits per heavy atom. The number of hydrogen-bond donors (Lipinski definition) is 1. The Kier molecular flexibility index (Phi) is 3.53. The van der Waals surface area contributed by atoms with E-state index in [0.717, 1.165) is 11.3 Å². The van der Waals surface area contributed by atoms with Crippen molar-refractivity contribution in [3.63, 3.8) is 0 Å². The highest BCUT2D eigenvalue weighted by Crippen LogP contribution is 2.21. The summed E-state index contributed by atoms with van der Waals surface area (Å²) in [5.74, 6) is -0.176. The zero-order chi connectivity index (χ0) is 10.7. The van der Waals surface area contributed by atoms with Gasteiger partial charge in [-0.25, -0.2) is 0 Å². The van der Waals surface area contributed by atoms with Crippen molar-refractivity contribution in [1.29, 1.82) is 0 Å². The molecule has 0 aliphatic carbocycles. The molecule has 0 bridgehead atoms. The van der Waals surface area contributed by atoms with Crippen LogP contribution in [-0.4, -0.2) is 11.8 Å². The number of hydrogen-bond acceptors (Lipinski definition) is 1. The van der Waals surface area contributed by atoms with Crippen LogP contribution in [0, 0.1) is 20.8 Å². The minimum absolute atomic E-state index is 0.00758. The lowest BCUT2D eigenvalue weighted by molar-refractivity contribution is -0.113. The average molecular weight is 212 g/mol. The first-order chi connectivity index (χ1) is 6.56. The first-order valence-electron chi connectivity index (χ1n) is 4.49. The van der Waals surface area contributed by atoms with Crippen LogP contribution in [-0.2, 0) is 4.79 Å². The number of amides is 1. The minimum atomic E-state index is -0.169. The maximum Gasteiger partial charge on any atom is 0.239 e. The van der Waals surface area contributed by atoms with Crippen LogP contribution in [0.4, 0.5) is 5.69 Å². The summed E-state index contributed by atoms with van der Waals surface area (Å²) >= 11 is 5.41. The third kappa shape index (κ3) is 2.26. The van der Waals surface area contributed by atoms with E-state index in [0.29, 0.717) is 0 Å². The van der Waals surface area contributed by atoms with Gasteiger partial charge in [-0.1, -0.05) is 6.07 Å². The molecular formula is C11H14ClNO. The van der Waals surface area contributed by atoms with Crippen molar-refractivity contribution >= 4 is 23.2 Å². The highest BCUT2D eigenvalue weighted by atomic mass is 35.5. The van der Waals surface area contributed by atoms with Crippen LogP contribution in [0.1, 0.15) is 16.7 Å². The molecule has 1 amide bonds. The molecule has 1 aromatic rings. The predicted octanol–water partition coefficient (Wildman–Crippen LogP) is 2.79. The molecule has 0 atom stereocenters. The molecule has 0 saturated carbocycles. The van der Waals surface area contributed by atoms with E-state index >= 15 is 0 Å². The summed E-state index contributed by atoms with van der Waals surface area (Å²) in [6, 6.07) is 3.90. The third-order valence-corrected chi connectivity index (χ3v) is 2.70. The van der Waals surface area contributed by atoms with Crippen molar-refractivity contribution in [1.82, 2.24) is 0 Å². The molecule has 0 unspecified atom stereocenters. The monoisotopic (exact) mass is 211 g/mol. The summed E-state index contributed by atoms with van der Waals surface area (Å²) in [5.41, 5.74) is 4.38. The normalized spacial score (nSPS) is 10.0. The number of halogens is 1. The van der Waals surface area contributed by atoms with E-state index in [9.17, 15) is 4.79 Å². The lowest BCUT2D eigenvalue weighted by atomic mass is 10.0. The van der Waals surface area contributed by atoms with Crippen LogP contribution in [0.5, 0.6) is 0 Å². The summed E-state index contributed by atoms with van der Waals surface area (Å²) < 4.78 is 0. The van der Waals surface area contributed by atoms with Crippen LogP contribution in [0.3, 0.4) is 0 Å². The molecule has 1 N–H and O–H groups in total. The molecule has 0 heterocycles. The molecular weight excluding hydrogens is 198 g/mol. The van der Waals surface area contributed by atoms with E-state index in [1.165, 1.54) is 11.1 Å². The van der Waals surface area contributed by atoms with E-state index in [4.69, 9.17) is 11.6 Å². The lowest BCUT2D eigenvalue weighted by Crippen LogP contribution is -2.13. The Labute approximate surface area is 89.3 Å². The largest absolute Gasteiger partial charge is 0.325 e. The minimum Gasteiger partial charge on any atom is -0.325 e. The molecule has 3 heteroatoms. The zero-order valence-corrected chi connectivity index (χ0v) is 9.40. The van der Waals surface area contributed by atoms with E-state index < -0.39 is 0 Å². The maximum atomic E-state index is 11.1. The molecule has 1 rings (SSSR count). The second-order valence-corrected chi connectivity index (χ2v) is 3.63. The van der Waals surface area contributed by atoms with Gasteiger partial charge in [0.25, 0.3) is 0 Å². The third-order valence-electron chi connectivity index (χ3n) is 2.45. The van der Waals surface area contributed by atoms with Crippen molar-refractivity contribution in [3.8, 4) is 0 Å². The van der Waals surface area contributed by atoms with E-state index in [1.807, 2.05) is 26.0 Å². The van der Waals surface area contributed by atoms with Crippen LogP contribution in [0.25, 0.3) is 0 Å². The molecule has 2 nitrogen and oxygen atoms in total. The Bertz CT molecular complexity index is 361. The fraction of sp³-hybridized carbons (Fsp3) is 0.364. The van der Waals surface area contributed by atoms with Gasteiger partial charge in [-0.2, -0.15) is 0 Å². The van der Waals surface area contributed by atoms with Gasteiger partial charge in [0.05, 0.1) is 0 Å². The molecule has 0 aromatic heterocycles. The predicted molar refractivity (Wildman–Crippen MR) is 60.0 cm³/mol. The number of anilines is 1. The SMILES string of the molecule is Cc1ccc(NC(=O)CCl)c(C)c1C. The molecule has 1 aromatic carbocycles. The topological polar surface area (TPSA) is 29.1 Å². The van der Waals surface area contributed by atoms with Crippen molar-refractivity contribution in [3.05, 3.63) is 28.8 Å². The number of nitrogens with one attached hydrogen (secondary N) is 1. The average Bonchev–Trinajstić information content (AvgIpc) is 2.19. The van der Waals surface area contributed by atoms with Crippen molar-refractivity contribution in [2.75, 3.05) is 11.2 Å². The molecule has 14 heavy (non-hydrogen) atoms. The van der Waals surface area contributed by atoms with Gasteiger partial charge in [0.2, 0.25) is 5.91 Å². The van der Waals surface area contributed by atoms with Crippen LogP contribution >= 0.6 is 11.6 Å². The molecule has 0 spiro atoms. The quantitative estimate of drug-likeness (QED) is 0.749. The first kappa shape index (κ1) is 11.1. The van der Waals surface area contributed by atoms with E-state index in [1.54, 1.807) is 0 Å². The lowest BCUT2D eigenvalue weighted by Gasteiger charge is -2.11. The van der Waals surface area contributed by atoms with Crippen molar-refractivity contribution in [2.24, 2.45) is 0 Å². The Hall–Kier alpha value is -1.02. The molecule has 0 radical (unpaired) electrons. The smallest absolute Gasteiger partial charge is 0.239 e. The fourth-order valence-electron chi connectivity index (χ4n) is 1.28. The van der Waals surface area contributed by atoms with Gasteiger partial charge in [0.15, 0.2) is 0 Å². The van der Waals surface area contributed by atoms with Crippen molar-refractivity contribution < 1.29 is 4.79 Å². The summed E-state index contributed by atoms with van der Waals surface area (Å²) in [4.78, 5) is 11.1. The Balaban J connectivity index is 3.00. The van der Waals surface area contributed by atoms with Crippen molar-refractivity contribution in [2.45, 2.75) is 20.8 Å². The number of alkyl halides is 1. The van der Waals surface area contributed by atoms with Gasteiger partial charge in [-0.15, -0.1) is 11.6 Å². The van der Waals surface area contributed by atoms with Gasteiger partial charge in [-0.3, -0.25) is 4.79 Å². The molecule has 76 valence electrons. The second kappa shape index (κ2) is 4.47. The van der Waals surface area contributed by atoms with E-state index in [2.05, 4.69) is 12.2 Å². The highest BCUT2D eigenvalue weighted by molar-refractivity contribution is 6.29. The summed E-state index contributed by atoms with van der Waals surface area (Å²) in [5, 5.41) is 2.76. The summed E-state index contributed by atoms with van der Waals surface area (Å²) in [7, 11) is 0.